The first-order valence-electron chi connectivity index (χ1n) is 4.56. The van der Waals surface area contributed by atoms with E-state index in [1.165, 1.54) is 0 Å². The zero-order chi connectivity index (χ0) is 15.7. The summed E-state index contributed by atoms with van der Waals surface area (Å²) in [6.45, 7) is 0.651. The van der Waals surface area contributed by atoms with Gasteiger partial charge in [0.2, 0.25) is 0 Å². The summed E-state index contributed by atoms with van der Waals surface area (Å²) >= 11 is 3.70. The van der Waals surface area contributed by atoms with Gasteiger partial charge in [-0.25, -0.2) is 0 Å². The van der Waals surface area contributed by atoms with Crippen LogP contribution in [0, 0.1) is 0 Å². The van der Waals surface area contributed by atoms with Crippen LogP contribution in [-0.2, 0) is 9.53 Å². The molecule has 0 aromatic heterocycles. The van der Waals surface area contributed by atoms with Crippen LogP contribution in [0.4, 0.5) is 35.1 Å². The van der Waals surface area contributed by atoms with Crippen molar-refractivity contribution < 1.29 is 44.7 Å². The molecule has 0 atom stereocenters. The van der Waals surface area contributed by atoms with Gasteiger partial charge in [0.25, 0.3) is 0 Å². The predicted molar refractivity (Wildman–Crippen MR) is 46.9 cm³/mol. The van der Waals surface area contributed by atoms with Crippen molar-refractivity contribution in [3.63, 3.8) is 0 Å². The number of hydrogen-bond acceptors (Lipinski definition) is 2. The molecule has 0 heterocycles. The van der Waals surface area contributed by atoms with Crippen molar-refractivity contribution in [1.82, 2.24) is 0 Å². The molecule has 0 spiro atoms. The van der Waals surface area contributed by atoms with Crippen LogP contribution in [0.25, 0.3) is 0 Å². The van der Waals surface area contributed by atoms with Gasteiger partial charge in [0, 0.05) is 0 Å². The molecule has 0 saturated carbocycles. The molecule has 0 bridgehead atoms. The number of alkyl halides is 9. The summed E-state index contributed by atoms with van der Waals surface area (Å²) in [7, 11) is 0. The third-order valence-electron chi connectivity index (χ3n) is 1.88. The lowest BCUT2D eigenvalue weighted by Gasteiger charge is -2.33. The molecule has 0 saturated heterocycles. The van der Waals surface area contributed by atoms with Crippen molar-refractivity contribution in [2.45, 2.75) is 36.5 Å². The van der Waals surface area contributed by atoms with Crippen molar-refractivity contribution in [2.24, 2.45) is 0 Å². The summed E-state index contributed by atoms with van der Waals surface area (Å²) < 4.78 is 105. The van der Waals surface area contributed by atoms with E-state index in [2.05, 4.69) is 16.3 Å². The highest BCUT2D eigenvalue weighted by Gasteiger charge is 2.80. The van der Waals surface area contributed by atoms with E-state index >= 15 is 0 Å². The lowest BCUT2D eigenvalue weighted by atomic mass is 10.0. The minimum absolute atomic E-state index is 0.484. The first-order chi connectivity index (χ1) is 8.20. The average molecular weight is 323 g/mol. The summed E-state index contributed by atoms with van der Waals surface area (Å²) in [4.78, 5) is 10.6. The van der Waals surface area contributed by atoms with Gasteiger partial charge >= 0.3 is 29.1 Å². The van der Waals surface area contributed by atoms with Crippen molar-refractivity contribution in [3.05, 3.63) is 0 Å². The lowest BCUT2D eigenvalue weighted by molar-refractivity contribution is -0.347. The van der Waals surface area contributed by atoms with Gasteiger partial charge < -0.3 is 4.74 Å². The molecule has 0 fully saturated rings. The largest absolute Gasteiger partial charge is 0.466 e. The topological polar surface area (TPSA) is 26.3 Å². The molecule has 0 rings (SSSR count). The molecular formula is C8H7ClF8O2. The molecule has 11 heteroatoms. The molecule has 0 aliphatic carbocycles. The second kappa shape index (κ2) is 5.29. The van der Waals surface area contributed by atoms with Crippen molar-refractivity contribution in [2.75, 3.05) is 6.61 Å². The summed E-state index contributed by atoms with van der Waals surface area (Å²) in [5.41, 5.74) is 0. The standard InChI is InChI=1S/C8H7ClF8O2/c1-2-19-4(18)3-5(10,11)6(12,13)7(14,15)8(9,16)17/h2-3H2,1H3. The van der Waals surface area contributed by atoms with Gasteiger partial charge in [-0.05, 0) is 18.5 Å². The fourth-order valence-corrected chi connectivity index (χ4v) is 1.03. The van der Waals surface area contributed by atoms with Crippen molar-refractivity contribution in [1.29, 1.82) is 0 Å². The van der Waals surface area contributed by atoms with Crippen LogP contribution in [0.3, 0.4) is 0 Å². The van der Waals surface area contributed by atoms with E-state index in [-0.39, 0.29) is 0 Å². The van der Waals surface area contributed by atoms with Crippen LogP contribution in [-0.4, -0.2) is 35.7 Å². The molecule has 0 amide bonds. The Hall–Kier alpha value is -0.800. The number of halogens is 9. The van der Waals surface area contributed by atoms with Crippen LogP contribution in [0.2, 0.25) is 0 Å². The zero-order valence-corrected chi connectivity index (χ0v) is 9.89. The second-order valence-electron chi connectivity index (χ2n) is 3.33. The number of carbonyl (C=O) groups excluding carboxylic acids is 1. The van der Waals surface area contributed by atoms with Crippen molar-refractivity contribution in [3.8, 4) is 0 Å². The van der Waals surface area contributed by atoms with E-state index in [1.54, 1.807) is 0 Å². The van der Waals surface area contributed by atoms with Crippen LogP contribution in [0.15, 0.2) is 0 Å². The van der Waals surface area contributed by atoms with Crippen molar-refractivity contribution >= 4 is 17.6 Å². The Morgan fingerprint density at radius 3 is 1.74 bits per heavy atom. The summed E-state index contributed by atoms with van der Waals surface area (Å²) in [5, 5.41) is -5.92. The highest BCUT2D eigenvalue weighted by molar-refractivity contribution is 6.22. The van der Waals surface area contributed by atoms with E-state index in [9.17, 15) is 39.9 Å². The van der Waals surface area contributed by atoms with E-state index in [0.717, 1.165) is 6.92 Å². The van der Waals surface area contributed by atoms with E-state index in [1.807, 2.05) is 0 Å². The smallest absolute Gasteiger partial charge is 0.392 e. The van der Waals surface area contributed by atoms with Gasteiger partial charge in [0.1, 0.15) is 6.42 Å². The minimum Gasteiger partial charge on any atom is -0.466 e. The van der Waals surface area contributed by atoms with Crippen LogP contribution >= 0.6 is 11.6 Å². The lowest BCUT2D eigenvalue weighted by Crippen LogP contribution is -2.61. The maximum Gasteiger partial charge on any atom is 0.392 e. The monoisotopic (exact) mass is 322 g/mol. The third kappa shape index (κ3) is 3.40. The summed E-state index contributed by atoms with van der Waals surface area (Å²) in [6, 6.07) is 0. The fraction of sp³-hybridized carbons (Fsp3) is 0.875. The van der Waals surface area contributed by atoms with Crippen LogP contribution < -0.4 is 0 Å². The second-order valence-corrected chi connectivity index (χ2v) is 3.81. The zero-order valence-electron chi connectivity index (χ0n) is 9.13. The molecule has 0 aromatic rings. The fourth-order valence-electron chi connectivity index (χ4n) is 0.912. The highest BCUT2D eigenvalue weighted by Crippen LogP contribution is 2.54. The molecule has 0 N–H and O–H groups in total. The quantitative estimate of drug-likeness (QED) is 0.424. The Morgan fingerprint density at radius 2 is 1.42 bits per heavy atom. The first-order valence-corrected chi connectivity index (χ1v) is 4.94. The Kier molecular flexibility index (Phi) is 5.07. The van der Waals surface area contributed by atoms with E-state index < -0.39 is 42.1 Å². The molecular weight excluding hydrogens is 316 g/mol. The Labute approximate surface area is 106 Å². The first kappa shape index (κ1) is 18.2. The van der Waals surface area contributed by atoms with Gasteiger partial charge in [-0.1, -0.05) is 0 Å². The SMILES string of the molecule is CCOC(=O)CC(F)(F)C(F)(F)C(F)(F)C(F)(F)Cl. The van der Waals surface area contributed by atoms with Gasteiger partial charge in [0.05, 0.1) is 6.61 Å². The molecule has 114 valence electrons. The molecule has 0 aliphatic rings. The van der Waals surface area contributed by atoms with Gasteiger partial charge in [-0.2, -0.15) is 35.1 Å². The maximum absolute atomic E-state index is 12.9. The average Bonchev–Trinajstić information content (AvgIpc) is 2.14. The summed E-state index contributed by atoms with van der Waals surface area (Å²) in [5.74, 6) is -20.8. The number of ether oxygens (including phenoxy) is 1. The number of esters is 1. The molecule has 0 aliphatic heterocycles. The van der Waals surface area contributed by atoms with E-state index in [4.69, 9.17) is 0 Å². The van der Waals surface area contributed by atoms with Crippen LogP contribution in [0.5, 0.6) is 0 Å². The third-order valence-corrected chi connectivity index (χ3v) is 2.12. The molecule has 0 aromatic carbocycles. The Bertz CT molecular complexity index is 338. The number of hydrogen-bond donors (Lipinski definition) is 0. The van der Waals surface area contributed by atoms with Gasteiger partial charge in [0.15, 0.2) is 0 Å². The Balaban J connectivity index is 5.33. The maximum atomic E-state index is 12.9. The van der Waals surface area contributed by atoms with E-state index in [0.29, 0.717) is 0 Å². The predicted octanol–water partition coefficient (Wildman–Crippen LogP) is 3.68. The Morgan fingerprint density at radius 1 is 1.00 bits per heavy atom. The van der Waals surface area contributed by atoms with Gasteiger partial charge in [-0.3, -0.25) is 4.79 Å². The number of carbonyl (C=O) groups is 1. The normalized spacial score (nSPS) is 14.4. The molecule has 19 heavy (non-hydrogen) atoms. The molecule has 0 radical (unpaired) electrons. The molecule has 0 unspecified atom stereocenters. The molecule has 2 nitrogen and oxygen atoms in total. The van der Waals surface area contributed by atoms with Crippen LogP contribution in [0.1, 0.15) is 13.3 Å². The number of rotatable bonds is 6. The highest BCUT2D eigenvalue weighted by atomic mass is 35.5. The minimum atomic E-state index is -6.56. The van der Waals surface area contributed by atoms with Gasteiger partial charge in [-0.15, -0.1) is 0 Å². The summed E-state index contributed by atoms with van der Waals surface area (Å²) in [6.07, 6.45) is -2.49.